The number of aromatic nitrogens is 1. The molecule has 1 heterocycles. The number of carbonyl (C=O) groups is 2. The number of nitrogens with one attached hydrogen (secondary N) is 2. The highest BCUT2D eigenvalue weighted by Crippen LogP contribution is 2.30. The number of carbonyl (C=O) groups excluding carboxylic acids is 2. The molecule has 36 heavy (non-hydrogen) atoms. The van der Waals surface area contributed by atoms with E-state index in [1.165, 1.54) is 24.4 Å². The Hall–Kier alpha value is -4.53. The number of anilines is 2. The molecule has 0 aliphatic heterocycles. The van der Waals surface area contributed by atoms with Crippen molar-refractivity contribution in [3.8, 4) is 22.8 Å². The summed E-state index contributed by atoms with van der Waals surface area (Å²) in [6.07, 6.45) is 0.557. The van der Waals surface area contributed by atoms with Crippen LogP contribution in [0.15, 0.2) is 77.3 Å². The Kier molecular flexibility index (Phi) is 6.82. The van der Waals surface area contributed by atoms with Crippen LogP contribution in [-0.2, 0) is 4.74 Å². The molecule has 0 saturated heterocycles. The number of halogens is 2. The Balaban J connectivity index is 1.56. The maximum absolute atomic E-state index is 14.2. The molecule has 0 unspecified atom stereocenters. The van der Waals surface area contributed by atoms with Gasteiger partial charge in [0, 0.05) is 11.3 Å². The summed E-state index contributed by atoms with van der Waals surface area (Å²) in [5.41, 5.74) is 0.174. The predicted octanol–water partition coefficient (Wildman–Crippen LogP) is 6.89. The second-order valence-corrected chi connectivity index (χ2v) is 8.83. The standard InChI is InChI=1S/C27H23F2N3O4/c1-27(2,3)36-26(34)32-22-14-16(12-13-21(22)29)31-24(33)17-8-4-5-9-18(17)25-30-15-23(35-25)19-10-6-7-11-20(19)28/h4-15H,1-3H3,(H,31,33)(H,32,34). The molecule has 0 bridgehead atoms. The van der Waals surface area contributed by atoms with Crippen molar-refractivity contribution in [3.63, 3.8) is 0 Å². The number of benzene rings is 3. The number of rotatable bonds is 5. The van der Waals surface area contributed by atoms with Crippen LogP contribution in [0.2, 0.25) is 0 Å². The Bertz CT molecular complexity index is 1430. The first-order chi connectivity index (χ1) is 17.1. The molecule has 4 aromatic rings. The zero-order valence-corrected chi connectivity index (χ0v) is 19.8. The number of hydrogen-bond acceptors (Lipinski definition) is 5. The average Bonchev–Trinajstić information content (AvgIpc) is 3.30. The molecule has 0 atom stereocenters. The fourth-order valence-electron chi connectivity index (χ4n) is 3.36. The van der Waals surface area contributed by atoms with Crippen molar-refractivity contribution in [2.75, 3.05) is 10.6 Å². The number of nitrogens with zero attached hydrogens (tertiary/aromatic N) is 1. The Morgan fingerprint density at radius 2 is 1.58 bits per heavy atom. The molecule has 184 valence electrons. The molecule has 0 fully saturated rings. The highest BCUT2D eigenvalue weighted by Gasteiger charge is 2.20. The van der Waals surface area contributed by atoms with E-state index in [4.69, 9.17) is 9.15 Å². The number of hydrogen-bond donors (Lipinski definition) is 2. The van der Waals surface area contributed by atoms with Crippen LogP contribution in [0.4, 0.5) is 25.0 Å². The molecule has 0 spiro atoms. The lowest BCUT2D eigenvalue weighted by molar-refractivity contribution is 0.0635. The van der Waals surface area contributed by atoms with Crippen LogP contribution in [0.25, 0.3) is 22.8 Å². The van der Waals surface area contributed by atoms with Gasteiger partial charge >= 0.3 is 6.09 Å². The van der Waals surface area contributed by atoms with Crippen LogP contribution in [0, 0.1) is 11.6 Å². The summed E-state index contributed by atoms with van der Waals surface area (Å²) in [4.78, 5) is 29.4. The third-order valence-electron chi connectivity index (χ3n) is 4.91. The number of amides is 2. The molecular weight excluding hydrogens is 468 g/mol. The highest BCUT2D eigenvalue weighted by molar-refractivity contribution is 6.08. The molecule has 2 N–H and O–H groups in total. The maximum Gasteiger partial charge on any atom is 0.412 e. The summed E-state index contributed by atoms with van der Waals surface area (Å²) in [5, 5.41) is 5.02. The summed E-state index contributed by atoms with van der Waals surface area (Å²) >= 11 is 0. The second-order valence-electron chi connectivity index (χ2n) is 8.83. The first kappa shape index (κ1) is 24.6. The van der Waals surface area contributed by atoms with Gasteiger partial charge in [0.25, 0.3) is 5.91 Å². The molecule has 3 aromatic carbocycles. The first-order valence-corrected chi connectivity index (χ1v) is 11.0. The summed E-state index contributed by atoms with van der Waals surface area (Å²) < 4.78 is 39.3. The quantitative estimate of drug-likeness (QED) is 0.317. The van der Waals surface area contributed by atoms with Crippen molar-refractivity contribution in [1.82, 2.24) is 4.98 Å². The maximum atomic E-state index is 14.2. The van der Waals surface area contributed by atoms with E-state index in [-0.39, 0.29) is 34.2 Å². The van der Waals surface area contributed by atoms with E-state index < -0.39 is 29.2 Å². The molecule has 9 heteroatoms. The summed E-state index contributed by atoms with van der Waals surface area (Å²) in [7, 11) is 0. The number of oxazole rings is 1. The van der Waals surface area contributed by atoms with Gasteiger partial charge in [0.05, 0.1) is 23.0 Å². The van der Waals surface area contributed by atoms with Crippen LogP contribution in [0.3, 0.4) is 0 Å². The van der Waals surface area contributed by atoms with Crippen molar-refractivity contribution in [2.24, 2.45) is 0 Å². The zero-order valence-electron chi connectivity index (χ0n) is 19.8. The Morgan fingerprint density at radius 3 is 2.31 bits per heavy atom. The van der Waals surface area contributed by atoms with Gasteiger partial charge in [-0.2, -0.15) is 0 Å². The van der Waals surface area contributed by atoms with Gasteiger partial charge in [-0.25, -0.2) is 18.6 Å². The second kappa shape index (κ2) is 9.99. The average molecular weight is 491 g/mol. The van der Waals surface area contributed by atoms with Gasteiger partial charge in [-0.3, -0.25) is 10.1 Å². The summed E-state index contributed by atoms with van der Waals surface area (Å²) in [5.74, 6) is -1.33. The third kappa shape index (κ3) is 5.75. The Labute approximate surface area is 206 Å². The minimum absolute atomic E-state index is 0.130. The van der Waals surface area contributed by atoms with Crippen LogP contribution >= 0.6 is 0 Å². The predicted molar refractivity (Wildman–Crippen MR) is 132 cm³/mol. The minimum Gasteiger partial charge on any atom is -0.444 e. The van der Waals surface area contributed by atoms with Crippen LogP contribution in [-0.4, -0.2) is 22.6 Å². The van der Waals surface area contributed by atoms with Crippen molar-refractivity contribution in [2.45, 2.75) is 26.4 Å². The monoisotopic (exact) mass is 491 g/mol. The van der Waals surface area contributed by atoms with E-state index in [1.54, 1.807) is 63.2 Å². The van der Waals surface area contributed by atoms with E-state index in [2.05, 4.69) is 15.6 Å². The lowest BCUT2D eigenvalue weighted by Gasteiger charge is -2.20. The minimum atomic E-state index is -0.829. The van der Waals surface area contributed by atoms with E-state index in [0.29, 0.717) is 5.56 Å². The highest BCUT2D eigenvalue weighted by atomic mass is 19.1. The fourth-order valence-corrected chi connectivity index (χ4v) is 3.36. The SMILES string of the molecule is CC(C)(C)OC(=O)Nc1cc(NC(=O)c2ccccc2-c2ncc(-c3ccccc3F)o2)ccc1F. The van der Waals surface area contributed by atoms with Gasteiger partial charge in [0.15, 0.2) is 5.76 Å². The smallest absolute Gasteiger partial charge is 0.412 e. The van der Waals surface area contributed by atoms with Gasteiger partial charge in [-0.1, -0.05) is 24.3 Å². The fraction of sp³-hybridized carbons (Fsp3) is 0.148. The molecule has 0 saturated carbocycles. The van der Waals surface area contributed by atoms with Crippen molar-refractivity contribution < 1.29 is 27.5 Å². The van der Waals surface area contributed by atoms with Crippen molar-refractivity contribution >= 4 is 23.4 Å². The molecule has 0 radical (unpaired) electrons. The van der Waals surface area contributed by atoms with Gasteiger partial charge in [-0.05, 0) is 63.2 Å². The van der Waals surface area contributed by atoms with Gasteiger partial charge in [0.2, 0.25) is 5.89 Å². The van der Waals surface area contributed by atoms with Gasteiger partial charge in [0.1, 0.15) is 17.2 Å². The third-order valence-corrected chi connectivity index (χ3v) is 4.91. The van der Waals surface area contributed by atoms with Crippen molar-refractivity contribution in [3.05, 3.63) is 90.1 Å². The van der Waals surface area contributed by atoms with E-state index in [0.717, 1.165) is 6.07 Å². The van der Waals surface area contributed by atoms with E-state index in [1.807, 2.05) is 0 Å². The molecule has 1 aromatic heterocycles. The summed E-state index contributed by atoms with van der Waals surface area (Å²) in [6.45, 7) is 5.05. The van der Waals surface area contributed by atoms with E-state index >= 15 is 0 Å². The zero-order chi connectivity index (χ0) is 25.9. The topological polar surface area (TPSA) is 93.5 Å². The molecule has 0 aliphatic rings. The number of ether oxygens (including phenoxy) is 1. The summed E-state index contributed by atoms with van der Waals surface area (Å²) in [6, 6.07) is 16.5. The van der Waals surface area contributed by atoms with Crippen LogP contribution in [0.5, 0.6) is 0 Å². The normalized spacial score (nSPS) is 11.1. The largest absolute Gasteiger partial charge is 0.444 e. The van der Waals surface area contributed by atoms with Crippen LogP contribution in [0.1, 0.15) is 31.1 Å². The molecule has 7 nitrogen and oxygen atoms in total. The van der Waals surface area contributed by atoms with Crippen LogP contribution < -0.4 is 10.6 Å². The van der Waals surface area contributed by atoms with Crippen molar-refractivity contribution in [1.29, 1.82) is 0 Å². The molecule has 0 aliphatic carbocycles. The molecular formula is C27H23F2N3O4. The lowest BCUT2D eigenvalue weighted by atomic mass is 10.1. The first-order valence-electron chi connectivity index (χ1n) is 11.0. The van der Waals surface area contributed by atoms with Gasteiger partial charge < -0.3 is 14.5 Å². The van der Waals surface area contributed by atoms with E-state index in [9.17, 15) is 18.4 Å². The molecule has 4 rings (SSSR count). The van der Waals surface area contributed by atoms with Gasteiger partial charge in [-0.15, -0.1) is 0 Å². The lowest BCUT2D eigenvalue weighted by Crippen LogP contribution is -2.27. The Morgan fingerprint density at radius 1 is 0.889 bits per heavy atom. The molecule has 2 amide bonds.